The fourth-order valence-corrected chi connectivity index (χ4v) is 5.26. The lowest BCUT2D eigenvalue weighted by Gasteiger charge is -2.39. The molecule has 1 aliphatic rings. The molecule has 3 aromatic rings. The average molecular weight is 435 g/mol. The highest BCUT2D eigenvalue weighted by molar-refractivity contribution is 7.17. The summed E-state index contributed by atoms with van der Waals surface area (Å²) in [4.78, 5) is 33.0. The molecule has 1 saturated carbocycles. The molecule has 0 aliphatic heterocycles. The number of benzene rings is 1. The van der Waals surface area contributed by atoms with E-state index in [1.807, 2.05) is 17.5 Å². The second-order valence-electron chi connectivity index (χ2n) is 8.46. The lowest BCUT2D eigenvalue weighted by Crippen LogP contribution is -2.51. The summed E-state index contributed by atoms with van der Waals surface area (Å²) in [6.07, 6.45) is 5.76. The minimum absolute atomic E-state index is 0.121. The van der Waals surface area contributed by atoms with Gasteiger partial charge in [0.25, 0.3) is 5.56 Å². The van der Waals surface area contributed by atoms with Gasteiger partial charge in [-0.05, 0) is 43.4 Å². The van der Waals surface area contributed by atoms with Crippen LogP contribution in [0.1, 0.15) is 43.2 Å². The highest BCUT2D eigenvalue weighted by Gasteiger charge is 2.38. The van der Waals surface area contributed by atoms with Crippen molar-refractivity contribution in [1.29, 1.82) is 5.26 Å². The molecule has 31 heavy (non-hydrogen) atoms. The van der Waals surface area contributed by atoms with Crippen molar-refractivity contribution in [3.8, 4) is 17.2 Å². The summed E-state index contributed by atoms with van der Waals surface area (Å²) in [5, 5.41) is 12.3. The van der Waals surface area contributed by atoms with Gasteiger partial charge < -0.3 is 4.90 Å². The molecule has 6 nitrogen and oxygen atoms in total. The molecule has 7 heteroatoms. The van der Waals surface area contributed by atoms with E-state index in [1.165, 1.54) is 27.8 Å². The normalized spacial score (nSPS) is 15.5. The van der Waals surface area contributed by atoms with Gasteiger partial charge in [0.2, 0.25) is 5.91 Å². The topological polar surface area (TPSA) is 79.0 Å². The van der Waals surface area contributed by atoms with E-state index < -0.39 is 5.54 Å². The van der Waals surface area contributed by atoms with Crippen LogP contribution in [0.3, 0.4) is 0 Å². The summed E-state index contributed by atoms with van der Waals surface area (Å²) in [6, 6.07) is 8.51. The highest BCUT2D eigenvalue weighted by Crippen LogP contribution is 2.33. The van der Waals surface area contributed by atoms with Crippen molar-refractivity contribution in [1.82, 2.24) is 14.5 Å². The van der Waals surface area contributed by atoms with Crippen molar-refractivity contribution in [3.63, 3.8) is 0 Å². The molecule has 2 aromatic heterocycles. The first-order chi connectivity index (χ1) is 14.9. The Hall–Kier alpha value is -2.98. The van der Waals surface area contributed by atoms with E-state index >= 15 is 0 Å². The van der Waals surface area contributed by atoms with E-state index in [0.717, 1.165) is 36.0 Å². The zero-order chi connectivity index (χ0) is 22.2. The molecular weight excluding hydrogens is 408 g/mol. The number of aryl methyl sites for hydroxylation is 2. The Kier molecular flexibility index (Phi) is 5.67. The van der Waals surface area contributed by atoms with Gasteiger partial charge in [0.15, 0.2) is 0 Å². The van der Waals surface area contributed by atoms with Crippen LogP contribution in [-0.4, -0.2) is 32.9 Å². The van der Waals surface area contributed by atoms with Gasteiger partial charge in [-0.15, -0.1) is 11.3 Å². The zero-order valence-electron chi connectivity index (χ0n) is 18.1. The molecular formula is C24H26N4O2S. The highest BCUT2D eigenvalue weighted by atomic mass is 32.1. The molecule has 0 radical (unpaired) electrons. The van der Waals surface area contributed by atoms with E-state index in [1.54, 1.807) is 11.9 Å². The van der Waals surface area contributed by atoms with E-state index in [2.05, 4.69) is 31.0 Å². The summed E-state index contributed by atoms with van der Waals surface area (Å²) in [5.74, 6) is -0.241. The van der Waals surface area contributed by atoms with Crippen LogP contribution in [0, 0.1) is 25.2 Å². The molecule has 0 spiro atoms. The molecule has 0 saturated heterocycles. The van der Waals surface area contributed by atoms with E-state index in [0.29, 0.717) is 23.1 Å². The second-order valence-corrected chi connectivity index (χ2v) is 9.32. The fourth-order valence-electron chi connectivity index (χ4n) is 4.35. The third-order valence-electron chi connectivity index (χ3n) is 6.59. The Morgan fingerprint density at radius 3 is 2.68 bits per heavy atom. The van der Waals surface area contributed by atoms with Crippen LogP contribution < -0.4 is 5.56 Å². The standard InChI is InChI=1S/C24H26N4O2S/c1-16-7-8-18(11-17(16)2)19-13-31-22-21(19)23(30)28(15-26-22)12-20(29)27(3)24(14-25)9-5-4-6-10-24/h7-8,11,13,15H,4-6,9-10,12H2,1-3H3. The summed E-state index contributed by atoms with van der Waals surface area (Å²) in [6.45, 7) is 3.99. The molecule has 160 valence electrons. The SMILES string of the molecule is Cc1ccc(-c2csc3ncn(CC(=O)N(C)C4(C#N)CCCCC4)c(=O)c23)cc1C. The Morgan fingerprint density at radius 2 is 2.00 bits per heavy atom. The van der Waals surface area contributed by atoms with Crippen LogP contribution in [0.5, 0.6) is 0 Å². The van der Waals surface area contributed by atoms with Crippen molar-refractivity contribution in [2.24, 2.45) is 0 Å². The number of likely N-dealkylation sites (N-methyl/N-ethyl adjacent to an activating group) is 1. The minimum atomic E-state index is -0.774. The monoisotopic (exact) mass is 434 g/mol. The zero-order valence-corrected chi connectivity index (χ0v) is 19.0. The quantitative estimate of drug-likeness (QED) is 0.609. The van der Waals surface area contributed by atoms with Gasteiger partial charge in [0, 0.05) is 18.0 Å². The average Bonchev–Trinajstić information content (AvgIpc) is 3.22. The number of fused-ring (bicyclic) bond motifs is 1. The molecule has 0 unspecified atom stereocenters. The van der Waals surface area contributed by atoms with Crippen LogP contribution in [0.15, 0.2) is 34.7 Å². The van der Waals surface area contributed by atoms with Crippen molar-refractivity contribution in [3.05, 3.63) is 51.4 Å². The van der Waals surface area contributed by atoms with Crippen LogP contribution in [0.25, 0.3) is 21.3 Å². The van der Waals surface area contributed by atoms with Gasteiger partial charge in [0.05, 0.1) is 17.8 Å². The molecule has 2 heterocycles. The summed E-state index contributed by atoms with van der Waals surface area (Å²) < 4.78 is 1.37. The predicted molar refractivity (Wildman–Crippen MR) is 123 cm³/mol. The minimum Gasteiger partial charge on any atom is -0.325 e. The van der Waals surface area contributed by atoms with Gasteiger partial charge >= 0.3 is 0 Å². The van der Waals surface area contributed by atoms with Gasteiger partial charge in [-0.2, -0.15) is 5.26 Å². The number of nitrogens with zero attached hydrogens (tertiary/aromatic N) is 4. The third-order valence-corrected chi connectivity index (χ3v) is 7.48. The largest absolute Gasteiger partial charge is 0.325 e. The Labute approximate surface area is 185 Å². The molecule has 1 amide bonds. The summed E-state index contributed by atoms with van der Waals surface area (Å²) >= 11 is 1.43. The number of amides is 1. The van der Waals surface area contributed by atoms with Crippen LogP contribution in [-0.2, 0) is 11.3 Å². The number of thiophene rings is 1. The van der Waals surface area contributed by atoms with Crippen molar-refractivity contribution in [2.45, 2.75) is 58.0 Å². The predicted octanol–water partition coefficient (Wildman–Crippen LogP) is 4.43. The number of carbonyl (C=O) groups is 1. The van der Waals surface area contributed by atoms with E-state index in [9.17, 15) is 14.9 Å². The molecule has 1 aliphatic carbocycles. The lowest BCUT2D eigenvalue weighted by molar-refractivity contribution is -0.135. The number of aromatic nitrogens is 2. The second kappa shape index (κ2) is 8.27. The molecule has 1 aromatic carbocycles. The molecule has 0 atom stereocenters. The fraction of sp³-hybridized carbons (Fsp3) is 0.417. The first kappa shape index (κ1) is 21.3. The summed E-state index contributed by atoms with van der Waals surface area (Å²) in [5.41, 5.74) is 3.17. The van der Waals surface area contributed by atoms with Gasteiger partial charge in [-0.3, -0.25) is 14.2 Å². The Bertz CT molecular complexity index is 1240. The van der Waals surface area contributed by atoms with Gasteiger partial charge in [-0.25, -0.2) is 4.98 Å². The molecule has 4 rings (SSSR count). The van der Waals surface area contributed by atoms with Crippen LogP contribution in [0.4, 0.5) is 0 Å². The van der Waals surface area contributed by atoms with Crippen molar-refractivity contribution < 1.29 is 4.79 Å². The number of hydrogen-bond acceptors (Lipinski definition) is 5. The number of carbonyl (C=O) groups excluding carboxylic acids is 1. The summed E-state index contributed by atoms with van der Waals surface area (Å²) in [7, 11) is 1.68. The number of nitriles is 1. The van der Waals surface area contributed by atoms with Crippen molar-refractivity contribution in [2.75, 3.05) is 7.05 Å². The number of rotatable bonds is 4. The van der Waals surface area contributed by atoms with Crippen molar-refractivity contribution >= 4 is 27.5 Å². The lowest BCUT2D eigenvalue weighted by atomic mass is 9.81. The maximum absolute atomic E-state index is 13.3. The first-order valence-corrected chi connectivity index (χ1v) is 11.5. The molecule has 1 fully saturated rings. The van der Waals surface area contributed by atoms with Gasteiger partial charge in [-0.1, -0.05) is 37.5 Å². The van der Waals surface area contributed by atoms with Crippen LogP contribution >= 0.6 is 11.3 Å². The maximum Gasteiger partial charge on any atom is 0.263 e. The number of hydrogen-bond donors (Lipinski definition) is 0. The Morgan fingerprint density at radius 1 is 1.26 bits per heavy atom. The Balaban J connectivity index is 1.68. The first-order valence-electron chi connectivity index (χ1n) is 10.6. The maximum atomic E-state index is 13.3. The smallest absolute Gasteiger partial charge is 0.263 e. The molecule has 0 N–H and O–H groups in total. The third kappa shape index (κ3) is 3.77. The van der Waals surface area contributed by atoms with E-state index in [4.69, 9.17) is 0 Å². The van der Waals surface area contributed by atoms with E-state index in [-0.39, 0.29) is 18.0 Å². The van der Waals surface area contributed by atoms with Crippen LogP contribution in [0.2, 0.25) is 0 Å². The molecule has 0 bridgehead atoms. The van der Waals surface area contributed by atoms with Gasteiger partial charge in [0.1, 0.15) is 16.9 Å².